The van der Waals surface area contributed by atoms with Gasteiger partial charge in [-0.1, -0.05) is 46.1 Å². The van der Waals surface area contributed by atoms with Crippen LogP contribution in [0.3, 0.4) is 0 Å². The first kappa shape index (κ1) is 16.0. The van der Waals surface area contributed by atoms with Crippen LogP contribution in [0.4, 0.5) is 0 Å². The van der Waals surface area contributed by atoms with Crippen molar-refractivity contribution in [3.63, 3.8) is 0 Å². The van der Waals surface area contributed by atoms with Crippen LogP contribution in [-0.2, 0) is 6.54 Å². The zero-order valence-electron chi connectivity index (χ0n) is 12.8. The van der Waals surface area contributed by atoms with Crippen LogP contribution in [0.2, 0.25) is 0 Å². The molecule has 0 unspecified atom stereocenters. The van der Waals surface area contributed by atoms with Gasteiger partial charge < -0.3 is 10.1 Å². The standard InChI is InChI=1S/C16H28N2O/c1-5-6-7-10-16(2,3)13-17-12-14-9-8-11-18-15(14)19-4/h8-9,11,17H,5-7,10,12-13H2,1-4H3. The highest BCUT2D eigenvalue weighted by molar-refractivity contribution is 5.24. The second-order valence-corrected chi connectivity index (χ2v) is 5.90. The van der Waals surface area contributed by atoms with Crippen molar-refractivity contribution in [2.45, 2.75) is 53.0 Å². The molecule has 1 heterocycles. The number of hydrogen-bond acceptors (Lipinski definition) is 3. The third-order valence-electron chi connectivity index (χ3n) is 3.42. The highest BCUT2D eigenvalue weighted by atomic mass is 16.5. The van der Waals surface area contributed by atoms with Crippen molar-refractivity contribution < 1.29 is 4.74 Å². The van der Waals surface area contributed by atoms with Crippen molar-refractivity contribution in [1.82, 2.24) is 10.3 Å². The van der Waals surface area contributed by atoms with Gasteiger partial charge in [-0.25, -0.2) is 4.98 Å². The Bertz CT molecular complexity index is 364. The van der Waals surface area contributed by atoms with Gasteiger partial charge in [-0.05, 0) is 17.9 Å². The molecule has 0 amide bonds. The average molecular weight is 264 g/mol. The third kappa shape index (κ3) is 6.06. The van der Waals surface area contributed by atoms with Gasteiger partial charge in [-0.2, -0.15) is 0 Å². The van der Waals surface area contributed by atoms with Crippen LogP contribution < -0.4 is 10.1 Å². The van der Waals surface area contributed by atoms with Gasteiger partial charge in [0.1, 0.15) is 0 Å². The Hall–Kier alpha value is -1.09. The summed E-state index contributed by atoms with van der Waals surface area (Å²) in [6, 6.07) is 4.01. The Balaban J connectivity index is 2.36. The molecule has 3 heteroatoms. The Morgan fingerprint density at radius 1 is 1.32 bits per heavy atom. The van der Waals surface area contributed by atoms with Gasteiger partial charge in [0.05, 0.1) is 7.11 Å². The van der Waals surface area contributed by atoms with E-state index < -0.39 is 0 Å². The van der Waals surface area contributed by atoms with Crippen molar-refractivity contribution in [2.24, 2.45) is 5.41 Å². The number of pyridine rings is 1. The Morgan fingerprint density at radius 2 is 2.11 bits per heavy atom. The molecule has 0 fully saturated rings. The first-order valence-electron chi connectivity index (χ1n) is 7.27. The summed E-state index contributed by atoms with van der Waals surface area (Å²) in [4.78, 5) is 4.21. The summed E-state index contributed by atoms with van der Waals surface area (Å²) in [6.07, 6.45) is 6.98. The number of nitrogens with zero attached hydrogens (tertiary/aromatic N) is 1. The lowest BCUT2D eigenvalue weighted by atomic mass is 9.87. The summed E-state index contributed by atoms with van der Waals surface area (Å²) < 4.78 is 5.26. The lowest BCUT2D eigenvalue weighted by Crippen LogP contribution is -2.29. The summed E-state index contributed by atoms with van der Waals surface area (Å²) in [5, 5.41) is 3.52. The molecule has 0 atom stereocenters. The number of methoxy groups -OCH3 is 1. The molecule has 0 saturated carbocycles. The minimum absolute atomic E-state index is 0.352. The minimum Gasteiger partial charge on any atom is -0.481 e. The molecular formula is C16H28N2O. The van der Waals surface area contributed by atoms with Gasteiger partial charge >= 0.3 is 0 Å². The van der Waals surface area contributed by atoms with Gasteiger partial charge in [0.25, 0.3) is 0 Å². The maximum atomic E-state index is 5.26. The molecule has 1 aromatic heterocycles. The van der Waals surface area contributed by atoms with E-state index in [0.717, 1.165) is 24.5 Å². The SMILES string of the molecule is CCCCCC(C)(C)CNCc1cccnc1OC. The molecule has 0 aromatic carbocycles. The number of unbranched alkanes of at least 4 members (excludes halogenated alkanes) is 2. The van der Waals surface area contributed by atoms with Crippen LogP contribution in [0.5, 0.6) is 5.88 Å². The quantitative estimate of drug-likeness (QED) is 0.689. The van der Waals surface area contributed by atoms with Gasteiger partial charge in [0, 0.05) is 24.8 Å². The van der Waals surface area contributed by atoms with E-state index in [9.17, 15) is 0 Å². The van der Waals surface area contributed by atoms with Crippen LogP contribution in [0.1, 0.15) is 52.0 Å². The van der Waals surface area contributed by atoms with Crippen LogP contribution >= 0.6 is 0 Å². The second kappa shape index (κ2) is 8.16. The van der Waals surface area contributed by atoms with Crippen LogP contribution in [0.25, 0.3) is 0 Å². The Morgan fingerprint density at radius 3 is 2.79 bits per heavy atom. The molecule has 1 aromatic rings. The van der Waals surface area contributed by atoms with E-state index in [-0.39, 0.29) is 0 Å². The maximum Gasteiger partial charge on any atom is 0.217 e. The molecule has 1 N–H and O–H groups in total. The molecular weight excluding hydrogens is 236 g/mol. The van der Waals surface area contributed by atoms with Crippen molar-refractivity contribution in [3.8, 4) is 5.88 Å². The van der Waals surface area contributed by atoms with Crippen molar-refractivity contribution >= 4 is 0 Å². The average Bonchev–Trinajstić information content (AvgIpc) is 2.39. The Labute approximate surface area is 117 Å². The molecule has 19 heavy (non-hydrogen) atoms. The molecule has 0 radical (unpaired) electrons. The van der Waals surface area contributed by atoms with E-state index in [2.05, 4.69) is 37.1 Å². The van der Waals surface area contributed by atoms with Gasteiger partial charge in [0.2, 0.25) is 5.88 Å². The summed E-state index contributed by atoms with van der Waals surface area (Å²) >= 11 is 0. The molecule has 0 aliphatic rings. The molecule has 108 valence electrons. The van der Waals surface area contributed by atoms with E-state index in [0.29, 0.717) is 5.41 Å². The molecule has 0 bridgehead atoms. The van der Waals surface area contributed by atoms with E-state index in [1.807, 2.05) is 6.07 Å². The molecule has 3 nitrogen and oxygen atoms in total. The summed E-state index contributed by atoms with van der Waals surface area (Å²) in [5.74, 6) is 0.721. The molecule has 0 spiro atoms. The van der Waals surface area contributed by atoms with E-state index in [1.54, 1.807) is 13.3 Å². The molecule has 1 rings (SSSR count). The highest BCUT2D eigenvalue weighted by Crippen LogP contribution is 2.23. The fourth-order valence-electron chi connectivity index (χ4n) is 2.22. The van der Waals surface area contributed by atoms with Gasteiger partial charge in [0.15, 0.2) is 0 Å². The van der Waals surface area contributed by atoms with E-state index in [1.165, 1.54) is 25.7 Å². The topological polar surface area (TPSA) is 34.2 Å². The number of rotatable bonds is 9. The largest absolute Gasteiger partial charge is 0.481 e. The van der Waals surface area contributed by atoms with Crippen LogP contribution in [0.15, 0.2) is 18.3 Å². The van der Waals surface area contributed by atoms with E-state index in [4.69, 9.17) is 4.74 Å². The van der Waals surface area contributed by atoms with Crippen molar-refractivity contribution in [3.05, 3.63) is 23.9 Å². The first-order valence-corrected chi connectivity index (χ1v) is 7.27. The molecule has 0 aliphatic carbocycles. The third-order valence-corrected chi connectivity index (χ3v) is 3.42. The van der Waals surface area contributed by atoms with Crippen LogP contribution in [-0.4, -0.2) is 18.6 Å². The van der Waals surface area contributed by atoms with Gasteiger partial charge in [-0.3, -0.25) is 0 Å². The number of aromatic nitrogens is 1. The monoisotopic (exact) mass is 264 g/mol. The van der Waals surface area contributed by atoms with Crippen molar-refractivity contribution in [2.75, 3.05) is 13.7 Å². The second-order valence-electron chi connectivity index (χ2n) is 5.90. The fraction of sp³-hybridized carbons (Fsp3) is 0.688. The minimum atomic E-state index is 0.352. The van der Waals surface area contributed by atoms with Gasteiger partial charge in [-0.15, -0.1) is 0 Å². The number of ether oxygens (including phenoxy) is 1. The first-order chi connectivity index (χ1) is 9.09. The summed E-state index contributed by atoms with van der Waals surface area (Å²) in [5.41, 5.74) is 1.47. The zero-order chi connectivity index (χ0) is 14.1. The smallest absolute Gasteiger partial charge is 0.217 e. The van der Waals surface area contributed by atoms with Crippen LogP contribution in [0, 0.1) is 5.41 Å². The van der Waals surface area contributed by atoms with E-state index >= 15 is 0 Å². The predicted octanol–water partition coefficient (Wildman–Crippen LogP) is 3.79. The Kier molecular flexibility index (Phi) is 6.85. The van der Waals surface area contributed by atoms with Crippen molar-refractivity contribution in [1.29, 1.82) is 0 Å². The zero-order valence-corrected chi connectivity index (χ0v) is 12.8. The number of hydrogen-bond donors (Lipinski definition) is 1. The summed E-state index contributed by atoms with van der Waals surface area (Å²) in [6.45, 7) is 8.75. The lowest BCUT2D eigenvalue weighted by molar-refractivity contribution is 0.300. The number of nitrogens with one attached hydrogen (secondary N) is 1. The lowest BCUT2D eigenvalue weighted by Gasteiger charge is -2.25. The predicted molar refractivity (Wildman–Crippen MR) is 80.4 cm³/mol. The summed E-state index contributed by atoms with van der Waals surface area (Å²) in [7, 11) is 1.67. The maximum absolute atomic E-state index is 5.26. The molecule has 0 aliphatic heterocycles. The fourth-order valence-corrected chi connectivity index (χ4v) is 2.22. The molecule has 0 saturated heterocycles. The normalized spacial score (nSPS) is 11.6. The highest BCUT2D eigenvalue weighted by Gasteiger charge is 2.16.